The lowest BCUT2D eigenvalue weighted by Gasteiger charge is -2.13. The van der Waals surface area contributed by atoms with E-state index in [0.29, 0.717) is 0 Å². The number of amides is 1. The van der Waals surface area contributed by atoms with Gasteiger partial charge in [-0.15, -0.1) is 0 Å². The Morgan fingerprint density at radius 3 is 2.44 bits per heavy atom. The Hall–Kier alpha value is -1.88. The van der Waals surface area contributed by atoms with E-state index in [4.69, 9.17) is 9.84 Å². The molecule has 0 saturated heterocycles. The van der Waals surface area contributed by atoms with Gasteiger partial charge in [-0.2, -0.15) is 0 Å². The van der Waals surface area contributed by atoms with Crippen LogP contribution in [-0.2, 0) is 16.1 Å². The molecule has 0 aliphatic heterocycles. The van der Waals surface area contributed by atoms with E-state index in [1.165, 1.54) is 6.92 Å². The lowest BCUT2D eigenvalue weighted by Crippen LogP contribution is -2.42. The van der Waals surface area contributed by atoms with E-state index in [1.807, 2.05) is 30.3 Å². The van der Waals surface area contributed by atoms with Crippen molar-refractivity contribution in [2.45, 2.75) is 27.0 Å². The number of nitrogens with one attached hydrogen (secondary N) is 1. The van der Waals surface area contributed by atoms with Crippen molar-refractivity contribution in [3.05, 3.63) is 35.9 Å². The molecule has 0 aliphatic rings. The molecule has 1 aromatic rings. The van der Waals surface area contributed by atoms with Crippen LogP contribution in [0, 0.1) is 0 Å². The molecule has 0 saturated carbocycles. The summed E-state index contributed by atoms with van der Waals surface area (Å²) in [7, 11) is 0. The van der Waals surface area contributed by atoms with Gasteiger partial charge in [-0.05, 0) is 12.5 Å². The van der Waals surface area contributed by atoms with E-state index in [-0.39, 0.29) is 19.8 Å². The molecule has 1 aromatic carbocycles. The maximum atomic E-state index is 11.3. The topological polar surface area (TPSA) is 75.6 Å². The molecule has 0 aliphatic carbocycles. The standard InChI is InChI=1S/C12H15NO4.CH4/c1-9(15)11(7-14)13-12(16)17-8-10-5-3-2-4-6-10;/h2-6,11,14H,7-8H2,1H3,(H,13,16);1H4/t11-;/m0./s1. The lowest BCUT2D eigenvalue weighted by atomic mass is 10.2. The van der Waals surface area contributed by atoms with E-state index in [9.17, 15) is 9.59 Å². The number of carbonyl (C=O) groups is 2. The summed E-state index contributed by atoms with van der Waals surface area (Å²) in [4.78, 5) is 22.2. The van der Waals surface area contributed by atoms with Crippen LogP contribution in [0.3, 0.4) is 0 Å². The number of ketones is 1. The Morgan fingerprint density at radius 2 is 1.94 bits per heavy atom. The van der Waals surface area contributed by atoms with Crippen LogP contribution in [0.1, 0.15) is 19.9 Å². The van der Waals surface area contributed by atoms with Crippen molar-refractivity contribution in [2.75, 3.05) is 6.61 Å². The van der Waals surface area contributed by atoms with Gasteiger partial charge in [0, 0.05) is 0 Å². The first-order valence-corrected chi connectivity index (χ1v) is 5.22. The Kier molecular flexibility index (Phi) is 7.38. The Balaban J connectivity index is 0.00000289. The Morgan fingerprint density at radius 1 is 1.33 bits per heavy atom. The van der Waals surface area contributed by atoms with Crippen LogP contribution in [0.15, 0.2) is 30.3 Å². The monoisotopic (exact) mass is 253 g/mol. The minimum atomic E-state index is -0.904. The number of hydrogen-bond donors (Lipinski definition) is 2. The summed E-state index contributed by atoms with van der Waals surface area (Å²) in [6.45, 7) is 0.983. The number of benzene rings is 1. The second-order valence-electron chi connectivity index (χ2n) is 3.55. The number of aliphatic hydroxyl groups excluding tert-OH is 1. The van der Waals surface area contributed by atoms with Gasteiger partial charge in [0.2, 0.25) is 0 Å². The van der Waals surface area contributed by atoms with E-state index in [1.54, 1.807) is 0 Å². The Labute approximate surface area is 107 Å². The number of aliphatic hydroxyl groups is 1. The number of rotatable bonds is 5. The average molecular weight is 253 g/mol. The average Bonchev–Trinajstić information content (AvgIpc) is 2.34. The van der Waals surface area contributed by atoms with Gasteiger partial charge in [-0.3, -0.25) is 4.79 Å². The zero-order valence-corrected chi connectivity index (χ0v) is 9.55. The highest BCUT2D eigenvalue weighted by atomic mass is 16.5. The van der Waals surface area contributed by atoms with Gasteiger partial charge in [-0.1, -0.05) is 37.8 Å². The molecule has 0 aromatic heterocycles. The molecule has 5 nitrogen and oxygen atoms in total. The Bertz CT molecular complexity index is 378. The van der Waals surface area contributed by atoms with Crippen LogP contribution in [-0.4, -0.2) is 29.6 Å². The fraction of sp³-hybridized carbons (Fsp3) is 0.385. The highest BCUT2D eigenvalue weighted by Gasteiger charge is 2.16. The predicted molar refractivity (Wildman–Crippen MR) is 68.0 cm³/mol. The number of hydrogen-bond acceptors (Lipinski definition) is 4. The van der Waals surface area contributed by atoms with Crippen LogP contribution in [0.5, 0.6) is 0 Å². The first-order chi connectivity index (χ1) is 8.13. The van der Waals surface area contributed by atoms with Crippen molar-refractivity contribution >= 4 is 11.9 Å². The van der Waals surface area contributed by atoms with Crippen molar-refractivity contribution in [2.24, 2.45) is 0 Å². The van der Waals surface area contributed by atoms with Gasteiger partial charge in [-0.25, -0.2) is 4.79 Å². The molecule has 0 heterocycles. The SMILES string of the molecule is C.CC(=O)[C@H](CO)NC(=O)OCc1ccccc1. The van der Waals surface area contributed by atoms with Gasteiger partial charge in [0.1, 0.15) is 12.6 Å². The number of carbonyl (C=O) groups excluding carboxylic acids is 2. The van der Waals surface area contributed by atoms with Gasteiger partial charge in [0.05, 0.1) is 6.61 Å². The minimum absolute atomic E-state index is 0. The van der Waals surface area contributed by atoms with Gasteiger partial charge in [0.15, 0.2) is 5.78 Å². The quantitative estimate of drug-likeness (QED) is 0.833. The van der Waals surface area contributed by atoms with Crippen LogP contribution in [0.4, 0.5) is 4.79 Å². The second-order valence-corrected chi connectivity index (χ2v) is 3.55. The third-order valence-corrected chi connectivity index (χ3v) is 2.18. The number of alkyl carbamates (subject to hydrolysis) is 1. The third kappa shape index (κ3) is 5.45. The first-order valence-electron chi connectivity index (χ1n) is 5.22. The fourth-order valence-electron chi connectivity index (χ4n) is 1.18. The zero-order chi connectivity index (χ0) is 12.7. The molecule has 100 valence electrons. The molecular weight excluding hydrogens is 234 g/mol. The molecule has 2 N–H and O–H groups in total. The molecule has 0 bridgehead atoms. The normalized spacial score (nSPS) is 11.0. The van der Waals surface area contributed by atoms with Crippen LogP contribution in [0.2, 0.25) is 0 Å². The summed E-state index contributed by atoms with van der Waals surface area (Å²) >= 11 is 0. The van der Waals surface area contributed by atoms with E-state index in [2.05, 4.69) is 5.32 Å². The maximum absolute atomic E-state index is 11.3. The van der Waals surface area contributed by atoms with Crippen molar-refractivity contribution in [1.82, 2.24) is 5.32 Å². The molecule has 0 radical (unpaired) electrons. The summed E-state index contributed by atoms with van der Waals surface area (Å²) in [5.41, 5.74) is 0.853. The highest BCUT2D eigenvalue weighted by molar-refractivity contribution is 5.85. The highest BCUT2D eigenvalue weighted by Crippen LogP contribution is 2.00. The number of ether oxygens (including phenoxy) is 1. The third-order valence-electron chi connectivity index (χ3n) is 2.18. The van der Waals surface area contributed by atoms with Crippen molar-refractivity contribution < 1.29 is 19.4 Å². The van der Waals surface area contributed by atoms with Crippen LogP contribution in [0.25, 0.3) is 0 Å². The molecule has 1 atom stereocenters. The van der Waals surface area contributed by atoms with Gasteiger partial charge in [0.25, 0.3) is 0 Å². The summed E-state index contributed by atoms with van der Waals surface area (Å²) < 4.78 is 4.90. The molecule has 1 amide bonds. The smallest absolute Gasteiger partial charge is 0.408 e. The van der Waals surface area contributed by atoms with Crippen molar-refractivity contribution in [3.8, 4) is 0 Å². The van der Waals surface area contributed by atoms with E-state index in [0.717, 1.165) is 5.56 Å². The van der Waals surface area contributed by atoms with Gasteiger partial charge < -0.3 is 15.2 Å². The largest absolute Gasteiger partial charge is 0.445 e. The molecule has 5 heteroatoms. The van der Waals surface area contributed by atoms with Crippen molar-refractivity contribution in [1.29, 1.82) is 0 Å². The zero-order valence-electron chi connectivity index (χ0n) is 9.55. The molecule has 0 unspecified atom stereocenters. The summed E-state index contributed by atoms with van der Waals surface area (Å²) in [5.74, 6) is -0.316. The molecule has 0 fully saturated rings. The van der Waals surface area contributed by atoms with Crippen molar-refractivity contribution in [3.63, 3.8) is 0 Å². The van der Waals surface area contributed by atoms with Crippen LogP contribution >= 0.6 is 0 Å². The fourth-order valence-corrected chi connectivity index (χ4v) is 1.18. The first kappa shape index (κ1) is 16.1. The van der Waals surface area contributed by atoms with E-state index < -0.39 is 18.7 Å². The second kappa shape index (κ2) is 8.25. The summed E-state index contributed by atoms with van der Waals surface area (Å²) in [6.07, 6.45) is -0.719. The minimum Gasteiger partial charge on any atom is -0.445 e. The van der Waals surface area contributed by atoms with E-state index >= 15 is 0 Å². The summed E-state index contributed by atoms with van der Waals surface area (Å²) in [5, 5.41) is 11.1. The summed E-state index contributed by atoms with van der Waals surface area (Å²) in [6, 6.07) is 8.27. The molecule has 1 rings (SSSR count). The number of Topliss-reactive ketones (excluding diaryl/α,β-unsaturated/α-hetero) is 1. The molecular formula is C13H19NO4. The van der Waals surface area contributed by atoms with Gasteiger partial charge >= 0.3 is 6.09 Å². The maximum Gasteiger partial charge on any atom is 0.408 e. The predicted octanol–water partition coefficient (Wildman–Crippen LogP) is 1.50. The molecule has 18 heavy (non-hydrogen) atoms. The van der Waals surface area contributed by atoms with Crippen LogP contribution < -0.4 is 5.32 Å². The lowest BCUT2D eigenvalue weighted by molar-refractivity contribution is -0.119. The molecule has 0 spiro atoms.